The molecule has 2 aliphatic rings. The fourth-order valence-electron chi connectivity index (χ4n) is 4.13. The van der Waals surface area contributed by atoms with Gasteiger partial charge in [0.2, 0.25) is 5.91 Å². The Morgan fingerprint density at radius 3 is 2.60 bits per heavy atom. The molecule has 30 heavy (non-hydrogen) atoms. The minimum absolute atomic E-state index is 0.0682. The number of anilines is 1. The van der Waals surface area contributed by atoms with Crippen LogP contribution < -0.4 is 5.32 Å². The third-order valence-corrected chi connectivity index (χ3v) is 7.87. The van der Waals surface area contributed by atoms with E-state index < -0.39 is 9.84 Å². The van der Waals surface area contributed by atoms with E-state index in [1.807, 2.05) is 31.2 Å². The van der Waals surface area contributed by atoms with Gasteiger partial charge in [-0.1, -0.05) is 23.7 Å². The van der Waals surface area contributed by atoms with E-state index >= 15 is 0 Å². The molecular formula is C21H27ClN4O3S. The number of nitrogens with zero attached hydrogens (tertiary/aromatic N) is 3. The molecule has 1 aromatic carbocycles. The van der Waals surface area contributed by atoms with Crippen LogP contribution in [0.2, 0.25) is 5.02 Å². The van der Waals surface area contributed by atoms with E-state index in [1.165, 1.54) is 0 Å². The van der Waals surface area contributed by atoms with Crippen LogP contribution in [0.5, 0.6) is 0 Å². The minimum Gasteiger partial charge on any atom is -0.310 e. The molecule has 1 N–H and O–H groups in total. The van der Waals surface area contributed by atoms with Gasteiger partial charge in [-0.3, -0.25) is 9.69 Å². The van der Waals surface area contributed by atoms with Crippen molar-refractivity contribution in [2.45, 2.75) is 51.2 Å². The van der Waals surface area contributed by atoms with Crippen LogP contribution in [0.15, 0.2) is 30.3 Å². The third-order valence-electron chi connectivity index (χ3n) is 5.87. The first-order valence-electron chi connectivity index (χ1n) is 10.3. The van der Waals surface area contributed by atoms with E-state index in [9.17, 15) is 13.2 Å². The molecule has 2 fully saturated rings. The number of halogens is 1. The molecule has 1 saturated carbocycles. The van der Waals surface area contributed by atoms with Crippen molar-refractivity contribution in [1.82, 2.24) is 14.7 Å². The average molecular weight is 451 g/mol. The number of rotatable bonds is 7. The number of aromatic nitrogens is 2. The summed E-state index contributed by atoms with van der Waals surface area (Å²) >= 11 is 6.01. The molecule has 1 aliphatic carbocycles. The zero-order valence-corrected chi connectivity index (χ0v) is 18.8. The fourth-order valence-corrected chi connectivity index (χ4v) is 5.94. The van der Waals surface area contributed by atoms with Crippen molar-refractivity contribution in [1.29, 1.82) is 0 Å². The summed E-state index contributed by atoms with van der Waals surface area (Å²) in [5.41, 5.74) is 1.87. The summed E-state index contributed by atoms with van der Waals surface area (Å²) in [4.78, 5) is 15.1. The maximum atomic E-state index is 12.9. The predicted octanol–water partition coefficient (Wildman–Crippen LogP) is 3.37. The zero-order valence-electron chi connectivity index (χ0n) is 17.2. The van der Waals surface area contributed by atoms with Gasteiger partial charge in [0.15, 0.2) is 9.84 Å². The van der Waals surface area contributed by atoms with Crippen LogP contribution in [0.1, 0.15) is 49.5 Å². The van der Waals surface area contributed by atoms with Crippen molar-refractivity contribution in [3.63, 3.8) is 0 Å². The van der Waals surface area contributed by atoms with Gasteiger partial charge in [0, 0.05) is 23.2 Å². The summed E-state index contributed by atoms with van der Waals surface area (Å²) in [5, 5.41) is 8.10. The highest BCUT2D eigenvalue weighted by Crippen LogP contribution is 2.34. The summed E-state index contributed by atoms with van der Waals surface area (Å²) in [6.45, 7) is 4.21. The monoisotopic (exact) mass is 450 g/mol. The van der Waals surface area contributed by atoms with Gasteiger partial charge in [-0.05, 0) is 50.8 Å². The molecule has 162 valence electrons. The Morgan fingerprint density at radius 1 is 1.30 bits per heavy atom. The fraction of sp³-hybridized carbons (Fsp3) is 0.524. The number of hydrogen-bond acceptors (Lipinski definition) is 5. The first-order chi connectivity index (χ1) is 14.2. The van der Waals surface area contributed by atoms with Crippen LogP contribution in [-0.4, -0.2) is 53.1 Å². The zero-order chi connectivity index (χ0) is 21.5. The van der Waals surface area contributed by atoms with E-state index in [4.69, 9.17) is 11.6 Å². The number of carbonyl (C=O) groups is 1. The molecule has 7 nitrogen and oxygen atoms in total. The van der Waals surface area contributed by atoms with Crippen molar-refractivity contribution in [2.75, 3.05) is 23.4 Å². The van der Waals surface area contributed by atoms with E-state index in [1.54, 1.807) is 10.7 Å². The van der Waals surface area contributed by atoms with Crippen LogP contribution in [-0.2, 0) is 14.6 Å². The molecule has 1 amide bonds. The first kappa shape index (κ1) is 21.3. The quantitative estimate of drug-likeness (QED) is 0.699. The number of amides is 1. The minimum atomic E-state index is -3.04. The molecule has 2 heterocycles. The van der Waals surface area contributed by atoms with Crippen LogP contribution in [0.4, 0.5) is 5.82 Å². The van der Waals surface area contributed by atoms with Crippen LogP contribution in [0.3, 0.4) is 0 Å². The van der Waals surface area contributed by atoms with Crippen molar-refractivity contribution in [2.24, 2.45) is 0 Å². The van der Waals surface area contributed by atoms with Gasteiger partial charge in [-0.15, -0.1) is 0 Å². The Hall–Kier alpha value is -1.90. The number of benzene rings is 1. The van der Waals surface area contributed by atoms with Crippen LogP contribution >= 0.6 is 11.6 Å². The van der Waals surface area contributed by atoms with Gasteiger partial charge >= 0.3 is 0 Å². The van der Waals surface area contributed by atoms with Gasteiger partial charge in [0.05, 0.1) is 29.8 Å². The molecule has 2 atom stereocenters. The second kappa shape index (κ2) is 8.32. The molecule has 0 spiro atoms. The lowest BCUT2D eigenvalue weighted by Crippen LogP contribution is -2.37. The third kappa shape index (κ3) is 4.87. The lowest BCUT2D eigenvalue weighted by Gasteiger charge is -2.29. The average Bonchev–Trinajstić information content (AvgIpc) is 3.37. The normalized spacial score (nSPS) is 21.7. The van der Waals surface area contributed by atoms with Gasteiger partial charge < -0.3 is 5.32 Å². The highest BCUT2D eigenvalue weighted by Gasteiger charge is 2.35. The van der Waals surface area contributed by atoms with Crippen molar-refractivity contribution >= 4 is 33.2 Å². The second-order valence-corrected chi connectivity index (χ2v) is 11.0. The molecule has 2 aromatic rings. The standard InChI is InChI=1S/C21H27ClN4O3S/c1-14-11-20(26(24-14)19-9-10-30(28,29)13-19)23-21(27)12-25(18-7-8-18)15(2)16-3-5-17(22)6-4-16/h3-6,11,15,18-19H,7-10,12-13H2,1-2H3,(H,23,27). The Kier molecular flexibility index (Phi) is 5.92. The van der Waals surface area contributed by atoms with E-state index in [0.717, 1.165) is 24.1 Å². The van der Waals surface area contributed by atoms with E-state index in [2.05, 4.69) is 22.2 Å². The molecule has 0 bridgehead atoms. The second-order valence-electron chi connectivity index (χ2n) is 8.35. The lowest BCUT2D eigenvalue weighted by molar-refractivity contribution is -0.118. The number of hydrogen-bond donors (Lipinski definition) is 1. The summed E-state index contributed by atoms with van der Waals surface area (Å²) in [7, 11) is -3.04. The Balaban J connectivity index is 1.46. The number of carbonyl (C=O) groups excluding carboxylic acids is 1. The Morgan fingerprint density at radius 2 is 2.00 bits per heavy atom. The van der Waals surface area contributed by atoms with Gasteiger partial charge in [-0.25, -0.2) is 13.1 Å². The SMILES string of the molecule is Cc1cc(NC(=O)CN(C2CC2)C(C)c2ccc(Cl)cc2)n(C2CCS(=O)(=O)C2)n1. The van der Waals surface area contributed by atoms with Crippen molar-refractivity contribution < 1.29 is 13.2 Å². The number of nitrogens with one attached hydrogen (secondary N) is 1. The molecular weight excluding hydrogens is 424 g/mol. The summed E-state index contributed by atoms with van der Waals surface area (Å²) in [5.74, 6) is 0.677. The van der Waals surface area contributed by atoms with E-state index in [0.29, 0.717) is 23.3 Å². The highest BCUT2D eigenvalue weighted by molar-refractivity contribution is 7.91. The number of aryl methyl sites for hydroxylation is 1. The Labute approximate surface area is 182 Å². The smallest absolute Gasteiger partial charge is 0.239 e. The molecule has 1 aliphatic heterocycles. The van der Waals surface area contributed by atoms with Crippen LogP contribution in [0, 0.1) is 6.92 Å². The lowest BCUT2D eigenvalue weighted by atomic mass is 10.1. The van der Waals surface area contributed by atoms with Crippen LogP contribution in [0.25, 0.3) is 0 Å². The predicted molar refractivity (Wildman–Crippen MR) is 117 cm³/mol. The summed E-state index contributed by atoms with van der Waals surface area (Å²) < 4.78 is 25.4. The van der Waals surface area contributed by atoms with E-state index in [-0.39, 0.29) is 36.0 Å². The van der Waals surface area contributed by atoms with Gasteiger partial charge in [0.1, 0.15) is 5.82 Å². The van der Waals surface area contributed by atoms with Gasteiger partial charge in [0.25, 0.3) is 0 Å². The largest absolute Gasteiger partial charge is 0.310 e. The van der Waals surface area contributed by atoms with Gasteiger partial charge in [-0.2, -0.15) is 5.10 Å². The van der Waals surface area contributed by atoms with Crippen molar-refractivity contribution in [3.05, 3.63) is 46.6 Å². The molecule has 9 heteroatoms. The topological polar surface area (TPSA) is 84.3 Å². The highest BCUT2D eigenvalue weighted by atomic mass is 35.5. The maximum absolute atomic E-state index is 12.9. The maximum Gasteiger partial charge on any atom is 0.239 e. The molecule has 1 saturated heterocycles. The molecule has 2 unspecified atom stereocenters. The first-order valence-corrected chi connectivity index (χ1v) is 12.5. The van der Waals surface area contributed by atoms with Crippen molar-refractivity contribution in [3.8, 4) is 0 Å². The summed E-state index contributed by atoms with van der Waals surface area (Å²) in [6, 6.07) is 9.79. The number of sulfone groups is 1. The molecule has 4 rings (SSSR count). The molecule has 1 aromatic heterocycles. The Bertz CT molecular complexity index is 1030. The molecule has 0 radical (unpaired) electrons. The summed E-state index contributed by atoms with van der Waals surface area (Å²) in [6.07, 6.45) is 2.69.